The van der Waals surface area contributed by atoms with Gasteiger partial charge in [-0.15, -0.1) is 0 Å². The highest BCUT2D eigenvalue weighted by Gasteiger charge is 2.07. The number of rotatable bonds is 8. The summed E-state index contributed by atoms with van der Waals surface area (Å²) < 4.78 is 5.21. The fourth-order valence-electron chi connectivity index (χ4n) is 2.00. The van der Waals surface area contributed by atoms with Gasteiger partial charge in [-0.3, -0.25) is 4.79 Å². The topological polar surface area (TPSA) is 80.0 Å². The van der Waals surface area contributed by atoms with Crippen LogP contribution in [-0.2, 0) is 17.6 Å². The summed E-state index contributed by atoms with van der Waals surface area (Å²) in [5.41, 5.74) is 2.07. The van der Waals surface area contributed by atoms with Gasteiger partial charge in [-0.05, 0) is 31.2 Å². The highest BCUT2D eigenvalue weighted by atomic mass is 16.5. The maximum Gasteiger partial charge on any atom is 0.257 e. The third-order valence-electron chi connectivity index (χ3n) is 3.32. The summed E-state index contributed by atoms with van der Waals surface area (Å²) in [6, 6.07) is 7.96. The van der Waals surface area contributed by atoms with Crippen LogP contribution >= 0.6 is 0 Å². The molecule has 0 radical (unpaired) electrons. The number of carbonyl (C=O) groups is 1. The van der Waals surface area contributed by atoms with E-state index >= 15 is 0 Å². The quantitative estimate of drug-likeness (QED) is 0.773. The smallest absolute Gasteiger partial charge is 0.257 e. The Labute approximate surface area is 130 Å². The molecule has 1 aromatic carbocycles. The van der Waals surface area contributed by atoms with E-state index in [1.165, 1.54) is 0 Å². The molecule has 2 rings (SSSR count). The molecule has 6 nitrogen and oxygen atoms in total. The van der Waals surface area contributed by atoms with E-state index in [9.17, 15) is 4.79 Å². The van der Waals surface area contributed by atoms with Gasteiger partial charge in [-0.25, -0.2) is 0 Å². The first kappa shape index (κ1) is 16.2. The van der Waals surface area contributed by atoms with E-state index in [1.807, 2.05) is 38.2 Å². The van der Waals surface area contributed by atoms with Crippen LogP contribution < -0.4 is 10.6 Å². The lowest BCUT2D eigenvalue weighted by molar-refractivity contribution is -0.120. The molecule has 0 aliphatic carbocycles. The molecule has 2 N–H and O–H groups in total. The number of nitrogens with zero attached hydrogens (tertiary/aromatic N) is 2. The molecule has 0 spiro atoms. The maximum atomic E-state index is 11.5. The number of nitrogens with one attached hydrogen (secondary N) is 2. The molecule has 0 saturated heterocycles. The van der Waals surface area contributed by atoms with E-state index < -0.39 is 0 Å². The number of aryl methyl sites for hydroxylation is 1. The van der Waals surface area contributed by atoms with Crippen molar-refractivity contribution in [2.24, 2.45) is 0 Å². The van der Waals surface area contributed by atoms with Crippen LogP contribution in [0.4, 0.5) is 0 Å². The van der Waals surface area contributed by atoms with Gasteiger partial charge in [0.15, 0.2) is 5.82 Å². The second-order valence-corrected chi connectivity index (χ2v) is 5.02. The zero-order valence-corrected chi connectivity index (χ0v) is 13.1. The van der Waals surface area contributed by atoms with Crippen molar-refractivity contribution in [3.63, 3.8) is 0 Å². The van der Waals surface area contributed by atoms with Crippen LogP contribution in [0.25, 0.3) is 11.5 Å². The monoisotopic (exact) mass is 302 g/mol. The molecule has 2 aromatic rings. The molecule has 0 fully saturated rings. The van der Waals surface area contributed by atoms with Crippen molar-refractivity contribution in [2.45, 2.75) is 26.2 Å². The van der Waals surface area contributed by atoms with Crippen LogP contribution in [0.5, 0.6) is 0 Å². The number of carbonyl (C=O) groups excluding carboxylic acids is 1. The third kappa shape index (κ3) is 4.66. The highest BCUT2D eigenvalue weighted by molar-refractivity contribution is 5.76. The first-order valence-corrected chi connectivity index (χ1v) is 7.56. The van der Waals surface area contributed by atoms with E-state index in [0.717, 1.165) is 24.0 Å². The van der Waals surface area contributed by atoms with Crippen molar-refractivity contribution < 1.29 is 9.32 Å². The number of amides is 1. The Balaban J connectivity index is 1.83. The average molecular weight is 302 g/mol. The third-order valence-corrected chi connectivity index (χ3v) is 3.32. The van der Waals surface area contributed by atoms with Crippen molar-refractivity contribution >= 4 is 5.91 Å². The molecule has 0 unspecified atom stereocenters. The molecular formula is C16H22N4O2. The lowest BCUT2D eigenvalue weighted by atomic mass is 10.1. The summed E-state index contributed by atoms with van der Waals surface area (Å²) >= 11 is 0. The van der Waals surface area contributed by atoms with Gasteiger partial charge in [0.1, 0.15) is 0 Å². The fraction of sp³-hybridized carbons (Fsp3) is 0.438. The summed E-state index contributed by atoms with van der Waals surface area (Å²) in [6.07, 6.45) is 2.07. The minimum atomic E-state index is 0.0731. The molecule has 0 aliphatic rings. The van der Waals surface area contributed by atoms with Crippen molar-refractivity contribution in [3.05, 3.63) is 35.7 Å². The molecule has 0 aliphatic heterocycles. The largest absolute Gasteiger partial charge is 0.356 e. The number of benzene rings is 1. The van der Waals surface area contributed by atoms with E-state index in [-0.39, 0.29) is 5.91 Å². The SMILES string of the molecule is CCc1noc(-c2ccc(CCNC(=O)CCNC)cc2)n1. The van der Waals surface area contributed by atoms with Gasteiger partial charge in [0.2, 0.25) is 5.91 Å². The predicted octanol–water partition coefficient (Wildman–Crippen LogP) is 1.57. The number of hydrogen-bond donors (Lipinski definition) is 2. The minimum absolute atomic E-state index is 0.0731. The molecule has 0 saturated carbocycles. The zero-order chi connectivity index (χ0) is 15.8. The Kier molecular flexibility index (Phi) is 6.09. The second-order valence-electron chi connectivity index (χ2n) is 5.02. The standard InChI is InChI=1S/C16H22N4O2/c1-3-14-19-16(22-20-14)13-6-4-12(5-7-13)8-11-18-15(21)9-10-17-2/h4-7,17H,3,8-11H2,1-2H3,(H,18,21). The highest BCUT2D eigenvalue weighted by Crippen LogP contribution is 2.18. The Hall–Kier alpha value is -2.21. The van der Waals surface area contributed by atoms with E-state index in [2.05, 4.69) is 20.8 Å². The van der Waals surface area contributed by atoms with Crippen molar-refractivity contribution in [3.8, 4) is 11.5 Å². The van der Waals surface area contributed by atoms with Gasteiger partial charge < -0.3 is 15.2 Å². The number of aromatic nitrogens is 2. The molecule has 6 heteroatoms. The van der Waals surface area contributed by atoms with Crippen LogP contribution in [-0.4, -0.2) is 36.2 Å². The molecule has 1 aromatic heterocycles. The second kappa shape index (κ2) is 8.29. The van der Waals surface area contributed by atoms with Crippen LogP contribution in [0.3, 0.4) is 0 Å². The van der Waals surface area contributed by atoms with Gasteiger partial charge in [0.05, 0.1) is 0 Å². The molecule has 1 amide bonds. The van der Waals surface area contributed by atoms with Crippen LogP contribution in [0.15, 0.2) is 28.8 Å². The normalized spacial score (nSPS) is 10.6. The lowest BCUT2D eigenvalue weighted by Crippen LogP contribution is -2.28. The average Bonchev–Trinajstić information content (AvgIpc) is 3.02. The Morgan fingerprint density at radius 1 is 1.23 bits per heavy atom. The van der Waals surface area contributed by atoms with Crippen molar-refractivity contribution in [1.82, 2.24) is 20.8 Å². The minimum Gasteiger partial charge on any atom is -0.356 e. The molecule has 0 atom stereocenters. The van der Waals surface area contributed by atoms with Gasteiger partial charge in [0.25, 0.3) is 5.89 Å². The molecular weight excluding hydrogens is 280 g/mol. The Bertz CT molecular complexity index is 592. The van der Waals surface area contributed by atoms with Crippen LogP contribution in [0.1, 0.15) is 24.7 Å². The van der Waals surface area contributed by atoms with Gasteiger partial charge >= 0.3 is 0 Å². The summed E-state index contributed by atoms with van der Waals surface area (Å²) in [7, 11) is 1.84. The summed E-state index contributed by atoms with van der Waals surface area (Å²) in [5.74, 6) is 1.33. The first-order chi connectivity index (χ1) is 10.7. The van der Waals surface area contributed by atoms with Crippen LogP contribution in [0.2, 0.25) is 0 Å². The van der Waals surface area contributed by atoms with Gasteiger partial charge in [0, 0.05) is 31.5 Å². The number of hydrogen-bond acceptors (Lipinski definition) is 5. The maximum absolute atomic E-state index is 11.5. The predicted molar refractivity (Wildman–Crippen MR) is 84.4 cm³/mol. The van der Waals surface area contributed by atoms with Crippen LogP contribution in [0, 0.1) is 0 Å². The van der Waals surface area contributed by atoms with Crippen molar-refractivity contribution in [2.75, 3.05) is 20.1 Å². The van der Waals surface area contributed by atoms with Gasteiger partial charge in [-0.1, -0.05) is 24.2 Å². The summed E-state index contributed by atoms with van der Waals surface area (Å²) in [4.78, 5) is 15.8. The van der Waals surface area contributed by atoms with Gasteiger partial charge in [-0.2, -0.15) is 4.98 Å². The Morgan fingerprint density at radius 2 is 2.00 bits per heavy atom. The Morgan fingerprint density at radius 3 is 2.64 bits per heavy atom. The summed E-state index contributed by atoms with van der Waals surface area (Å²) in [5, 5.41) is 9.75. The molecule has 0 bridgehead atoms. The van der Waals surface area contributed by atoms with Crippen molar-refractivity contribution in [1.29, 1.82) is 0 Å². The van der Waals surface area contributed by atoms with E-state index in [0.29, 0.717) is 31.2 Å². The molecule has 118 valence electrons. The van der Waals surface area contributed by atoms with E-state index in [1.54, 1.807) is 0 Å². The molecule has 1 heterocycles. The zero-order valence-electron chi connectivity index (χ0n) is 13.1. The lowest BCUT2D eigenvalue weighted by Gasteiger charge is -2.05. The molecule has 22 heavy (non-hydrogen) atoms. The van der Waals surface area contributed by atoms with E-state index in [4.69, 9.17) is 4.52 Å². The summed E-state index contributed by atoms with van der Waals surface area (Å²) in [6.45, 7) is 3.33. The first-order valence-electron chi connectivity index (χ1n) is 7.56. The fourth-order valence-corrected chi connectivity index (χ4v) is 2.00.